The van der Waals surface area contributed by atoms with Gasteiger partial charge in [-0.1, -0.05) is 42.5 Å². The Hall–Kier alpha value is -2.43. The van der Waals surface area contributed by atoms with Crippen LogP contribution >= 0.6 is 0 Å². The molecule has 0 bridgehead atoms. The minimum Gasteiger partial charge on any atom is -0.500 e. The van der Waals surface area contributed by atoms with Crippen LogP contribution in [-0.2, 0) is 14.2 Å². The summed E-state index contributed by atoms with van der Waals surface area (Å²) in [5.74, 6) is -0.237. The van der Waals surface area contributed by atoms with Crippen LogP contribution in [0, 0.1) is 0 Å². The third-order valence-electron chi connectivity index (χ3n) is 3.76. The highest BCUT2D eigenvalue weighted by atomic mass is 16.7. The fourth-order valence-corrected chi connectivity index (χ4v) is 2.40. The normalized spacial score (nSPS) is 20.4. The van der Waals surface area contributed by atoms with Crippen molar-refractivity contribution in [3.63, 3.8) is 0 Å². The van der Waals surface area contributed by atoms with E-state index in [2.05, 4.69) is 6.58 Å². The fourth-order valence-electron chi connectivity index (χ4n) is 2.40. The van der Waals surface area contributed by atoms with E-state index >= 15 is 0 Å². The van der Waals surface area contributed by atoms with E-state index in [1.807, 2.05) is 30.4 Å². The van der Waals surface area contributed by atoms with Gasteiger partial charge in [0.05, 0.1) is 20.1 Å². The number of carbonyl (C=O) groups is 1. The Morgan fingerprint density at radius 2 is 2.04 bits per heavy atom. The zero-order chi connectivity index (χ0) is 17.4. The molecule has 1 aromatic rings. The van der Waals surface area contributed by atoms with Crippen LogP contribution < -0.4 is 0 Å². The summed E-state index contributed by atoms with van der Waals surface area (Å²) in [6.45, 7) is 4.01. The molecule has 0 N–H and O–H groups in total. The standard InChI is InChI=1S/C20H22O4/c1-4-14-24-20(23-3)13-12-17(19(15-20)22-2)10-11-18(21)16-8-6-5-7-9-16/h4-13H,1,14-15H2,2-3H3. The molecule has 0 aliphatic heterocycles. The lowest BCUT2D eigenvalue weighted by molar-refractivity contribution is -0.184. The van der Waals surface area contributed by atoms with Crippen LogP contribution in [0.25, 0.3) is 0 Å². The highest BCUT2D eigenvalue weighted by molar-refractivity contribution is 6.04. The second kappa shape index (κ2) is 8.43. The van der Waals surface area contributed by atoms with Crippen LogP contribution in [0.1, 0.15) is 16.8 Å². The van der Waals surface area contributed by atoms with Gasteiger partial charge in [0.15, 0.2) is 11.6 Å². The van der Waals surface area contributed by atoms with Crippen LogP contribution in [-0.4, -0.2) is 32.4 Å². The van der Waals surface area contributed by atoms with E-state index in [1.165, 1.54) is 0 Å². The van der Waals surface area contributed by atoms with Gasteiger partial charge in [0.2, 0.25) is 0 Å². The van der Waals surface area contributed by atoms with Gasteiger partial charge in [-0.05, 0) is 18.2 Å². The Bertz CT molecular complexity index is 670. The third-order valence-corrected chi connectivity index (χ3v) is 3.76. The van der Waals surface area contributed by atoms with Crippen molar-refractivity contribution >= 4 is 5.78 Å². The highest BCUT2D eigenvalue weighted by Crippen LogP contribution is 2.32. The molecule has 126 valence electrons. The maximum absolute atomic E-state index is 12.2. The number of ketones is 1. The maximum atomic E-state index is 12.2. The topological polar surface area (TPSA) is 44.8 Å². The molecule has 0 aromatic heterocycles. The lowest BCUT2D eigenvalue weighted by atomic mass is 9.98. The first-order valence-corrected chi connectivity index (χ1v) is 7.68. The van der Waals surface area contributed by atoms with Crippen molar-refractivity contribution in [1.29, 1.82) is 0 Å². The van der Waals surface area contributed by atoms with E-state index in [1.54, 1.807) is 44.6 Å². The van der Waals surface area contributed by atoms with Crippen LogP contribution in [0.3, 0.4) is 0 Å². The van der Waals surface area contributed by atoms with Gasteiger partial charge in [0.1, 0.15) is 5.76 Å². The first-order chi connectivity index (χ1) is 11.6. The summed E-state index contributed by atoms with van der Waals surface area (Å²) in [7, 11) is 3.18. The summed E-state index contributed by atoms with van der Waals surface area (Å²) in [5, 5.41) is 0. The molecule has 0 saturated heterocycles. The molecule has 0 radical (unpaired) electrons. The third kappa shape index (κ3) is 4.31. The Labute approximate surface area is 142 Å². The van der Waals surface area contributed by atoms with Crippen LogP contribution in [0.15, 0.2) is 78.6 Å². The lowest BCUT2D eigenvalue weighted by Gasteiger charge is -2.32. The van der Waals surface area contributed by atoms with Crippen LogP contribution in [0.4, 0.5) is 0 Å². The molecule has 1 atom stereocenters. The number of ether oxygens (including phenoxy) is 3. The van der Waals surface area contributed by atoms with Gasteiger partial charge in [0.25, 0.3) is 0 Å². The second-order valence-electron chi connectivity index (χ2n) is 5.27. The molecule has 1 unspecified atom stereocenters. The Balaban J connectivity index is 2.16. The molecular formula is C20H22O4. The van der Waals surface area contributed by atoms with Gasteiger partial charge in [0, 0.05) is 18.2 Å². The molecule has 0 amide bonds. The highest BCUT2D eigenvalue weighted by Gasteiger charge is 2.33. The van der Waals surface area contributed by atoms with Gasteiger partial charge in [-0.25, -0.2) is 0 Å². The number of rotatable bonds is 8. The molecule has 1 aromatic carbocycles. The van der Waals surface area contributed by atoms with Gasteiger partial charge < -0.3 is 14.2 Å². The summed E-state index contributed by atoms with van der Waals surface area (Å²) in [4.78, 5) is 12.2. The van der Waals surface area contributed by atoms with E-state index in [-0.39, 0.29) is 5.78 Å². The summed E-state index contributed by atoms with van der Waals surface area (Å²) in [6, 6.07) is 9.13. The van der Waals surface area contributed by atoms with E-state index in [0.717, 1.165) is 5.57 Å². The van der Waals surface area contributed by atoms with Crippen LogP contribution in [0.2, 0.25) is 0 Å². The number of hydrogen-bond acceptors (Lipinski definition) is 4. The summed E-state index contributed by atoms with van der Waals surface area (Å²) < 4.78 is 16.7. The molecular weight excluding hydrogens is 304 g/mol. The number of carbonyl (C=O) groups excluding carboxylic acids is 1. The number of benzene rings is 1. The maximum Gasteiger partial charge on any atom is 0.195 e. The minimum atomic E-state index is -0.875. The largest absolute Gasteiger partial charge is 0.500 e. The minimum absolute atomic E-state index is 0.0570. The predicted octanol–water partition coefficient (Wildman–Crippen LogP) is 3.83. The van der Waals surface area contributed by atoms with E-state index in [0.29, 0.717) is 24.4 Å². The van der Waals surface area contributed by atoms with Crippen LogP contribution in [0.5, 0.6) is 0 Å². The quantitative estimate of drug-likeness (QED) is 0.315. The molecule has 1 aliphatic rings. The van der Waals surface area contributed by atoms with Crippen molar-refractivity contribution in [3.8, 4) is 0 Å². The molecule has 0 fully saturated rings. The molecule has 24 heavy (non-hydrogen) atoms. The SMILES string of the molecule is C=CCOC1(OC)C=CC(C=CC(=O)c2ccccc2)=C(OC)C1. The first kappa shape index (κ1) is 17.9. The number of hydrogen-bond donors (Lipinski definition) is 0. The Kier molecular flexibility index (Phi) is 6.29. The summed E-state index contributed by atoms with van der Waals surface area (Å²) in [5.41, 5.74) is 1.46. The predicted molar refractivity (Wildman–Crippen MR) is 93.6 cm³/mol. The summed E-state index contributed by atoms with van der Waals surface area (Å²) >= 11 is 0. The first-order valence-electron chi connectivity index (χ1n) is 7.68. The monoisotopic (exact) mass is 326 g/mol. The molecule has 4 heteroatoms. The molecule has 2 rings (SSSR count). The van der Waals surface area contributed by atoms with Crippen molar-refractivity contribution < 1.29 is 19.0 Å². The second-order valence-corrected chi connectivity index (χ2v) is 5.27. The van der Waals surface area contributed by atoms with Crippen molar-refractivity contribution in [1.82, 2.24) is 0 Å². The lowest BCUT2D eigenvalue weighted by Crippen LogP contribution is -2.35. The average molecular weight is 326 g/mol. The van der Waals surface area contributed by atoms with Crippen molar-refractivity contribution in [2.75, 3.05) is 20.8 Å². The number of allylic oxidation sites excluding steroid dienone is 4. The zero-order valence-electron chi connectivity index (χ0n) is 14.0. The van der Waals surface area contributed by atoms with E-state index in [4.69, 9.17) is 14.2 Å². The van der Waals surface area contributed by atoms with Gasteiger partial charge >= 0.3 is 0 Å². The zero-order valence-corrected chi connectivity index (χ0v) is 14.0. The van der Waals surface area contributed by atoms with Gasteiger partial charge in [-0.2, -0.15) is 0 Å². The smallest absolute Gasteiger partial charge is 0.195 e. The molecule has 0 saturated carbocycles. The Morgan fingerprint density at radius 1 is 1.29 bits per heavy atom. The molecule has 0 spiro atoms. The Morgan fingerprint density at radius 3 is 2.67 bits per heavy atom. The summed E-state index contributed by atoms with van der Waals surface area (Å²) in [6.07, 6.45) is 9.04. The van der Waals surface area contributed by atoms with Crippen molar-refractivity contribution in [2.45, 2.75) is 12.2 Å². The molecule has 1 aliphatic carbocycles. The molecule has 0 heterocycles. The fraction of sp³-hybridized carbons (Fsp3) is 0.250. The van der Waals surface area contributed by atoms with E-state index < -0.39 is 5.79 Å². The van der Waals surface area contributed by atoms with Gasteiger partial charge in [-0.15, -0.1) is 6.58 Å². The van der Waals surface area contributed by atoms with Crippen molar-refractivity contribution in [2.24, 2.45) is 0 Å². The average Bonchev–Trinajstić information content (AvgIpc) is 2.65. The van der Waals surface area contributed by atoms with Crippen molar-refractivity contribution in [3.05, 3.63) is 84.2 Å². The van der Waals surface area contributed by atoms with E-state index in [9.17, 15) is 4.79 Å². The number of methoxy groups -OCH3 is 2. The molecule has 4 nitrogen and oxygen atoms in total. The van der Waals surface area contributed by atoms with Gasteiger partial charge in [-0.3, -0.25) is 4.79 Å².